The third kappa shape index (κ3) is 2.78. The summed E-state index contributed by atoms with van der Waals surface area (Å²) in [5.74, 6) is -0.521. The van der Waals surface area contributed by atoms with Gasteiger partial charge in [0.2, 0.25) is 0 Å². The molecule has 0 amide bonds. The summed E-state index contributed by atoms with van der Waals surface area (Å²) in [6.07, 6.45) is 1.57. The van der Waals surface area contributed by atoms with Crippen molar-refractivity contribution in [3.05, 3.63) is 50.9 Å². The van der Waals surface area contributed by atoms with Gasteiger partial charge in [-0.2, -0.15) is 0 Å². The maximum absolute atomic E-state index is 12.9. The Labute approximate surface area is 150 Å². The van der Waals surface area contributed by atoms with Crippen LogP contribution in [0.2, 0.25) is 0 Å². The number of oxime groups is 1. The molecule has 1 aromatic heterocycles. The van der Waals surface area contributed by atoms with E-state index in [1.807, 2.05) is 0 Å². The molecule has 138 valence electrons. The molecule has 0 saturated heterocycles. The number of sulfone groups is 1. The van der Waals surface area contributed by atoms with E-state index in [1.54, 1.807) is 13.8 Å². The Morgan fingerprint density at radius 2 is 2.08 bits per heavy atom. The number of nitrogens with one attached hydrogen (secondary N) is 1. The molecule has 1 N–H and O–H groups in total. The van der Waals surface area contributed by atoms with Crippen molar-refractivity contribution in [3.8, 4) is 0 Å². The van der Waals surface area contributed by atoms with Gasteiger partial charge in [0.25, 0.3) is 5.56 Å². The molecule has 2 heterocycles. The standard InChI is InChI=1S/C17H19N3O5S/c1-4-20-17(22)12(9-18-20)16(21)11-5-6-14-15(10(11)2)13(19-25-3)7-8-26(14,23)24/h5-6,9,18H,4,7-8H2,1-3H3/b19-13+. The average Bonchev–Trinajstić information content (AvgIpc) is 2.98. The van der Waals surface area contributed by atoms with E-state index in [2.05, 4.69) is 10.3 Å². The van der Waals surface area contributed by atoms with Gasteiger partial charge in [0, 0.05) is 30.3 Å². The number of carbonyl (C=O) groups excluding carboxylic acids is 1. The number of rotatable bonds is 4. The first-order chi connectivity index (χ1) is 12.3. The van der Waals surface area contributed by atoms with E-state index in [-0.39, 0.29) is 28.2 Å². The molecule has 1 aromatic carbocycles. The van der Waals surface area contributed by atoms with Crippen LogP contribution in [0.1, 0.15) is 40.4 Å². The van der Waals surface area contributed by atoms with Crippen molar-refractivity contribution in [1.82, 2.24) is 9.78 Å². The van der Waals surface area contributed by atoms with Gasteiger partial charge < -0.3 is 9.94 Å². The molecule has 0 atom stereocenters. The zero-order valence-corrected chi connectivity index (χ0v) is 15.5. The largest absolute Gasteiger partial charge is 0.399 e. The highest BCUT2D eigenvalue weighted by atomic mass is 32.2. The van der Waals surface area contributed by atoms with E-state index in [4.69, 9.17) is 4.84 Å². The van der Waals surface area contributed by atoms with Gasteiger partial charge in [0.1, 0.15) is 12.7 Å². The van der Waals surface area contributed by atoms with E-state index in [0.717, 1.165) is 0 Å². The third-order valence-electron chi connectivity index (χ3n) is 4.51. The van der Waals surface area contributed by atoms with Crippen molar-refractivity contribution >= 4 is 21.3 Å². The maximum Gasteiger partial charge on any atom is 0.277 e. The van der Waals surface area contributed by atoms with Gasteiger partial charge in [-0.1, -0.05) is 5.16 Å². The number of hydrogen-bond donors (Lipinski definition) is 1. The number of hydrogen-bond acceptors (Lipinski definition) is 6. The summed E-state index contributed by atoms with van der Waals surface area (Å²) in [7, 11) is -2.07. The van der Waals surface area contributed by atoms with E-state index in [1.165, 1.54) is 30.1 Å². The maximum atomic E-state index is 12.9. The van der Waals surface area contributed by atoms with Crippen LogP contribution in [-0.2, 0) is 21.2 Å². The molecular weight excluding hydrogens is 358 g/mol. The zero-order chi connectivity index (χ0) is 19.1. The number of benzene rings is 1. The molecule has 0 radical (unpaired) electrons. The molecule has 0 saturated carbocycles. The van der Waals surface area contributed by atoms with Gasteiger partial charge in [-0.05, 0) is 31.5 Å². The molecule has 9 heteroatoms. The Kier molecular flexibility index (Phi) is 4.57. The molecule has 0 fully saturated rings. The van der Waals surface area contributed by atoms with Gasteiger partial charge in [-0.15, -0.1) is 0 Å². The van der Waals surface area contributed by atoms with Crippen molar-refractivity contribution in [1.29, 1.82) is 0 Å². The predicted octanol–water partition coefficient (Wildman–Crippen LogP) is 1.26. The van der Waals surface area contributed by atoms with Crippen LogP contribution < -0.4 is 5.56 Å². The highest BCUT2D eigenvalue weighted by Gasteiger charge is 2.32. The van der Waals surface area contributed by atoms with Crippen molar-refractivity contribution in [3.63, 3.8) is 0 Å². The Balaban J connectivity index is 2.21. The topological polar surface area (TPSA) is 111 Å². The van der Waals surface area contributed by atoms with E-state index < -0.39 is 21.2 Å². The van der Waals surface area contributed by atoms with Crippen LogP contribution in [0.3, 0.4) is 0 Å². The molecule has 3 rings (SSSR count). The highest BCUT2D eigenvalue weighted by Crippen LogP contribution is 2.31. The first kappa shape index (κ1) is 18.1. The Bertz CT molecular complexity index is 1080. The molecule has 1 aliphatic rings. The Hall–Kier alpha value is -2.68. The van der Waals surface area contributed by atoms with Crippen LogP contribution >= 0.6 is 0 Å². The predicted molar refractivity (Wildman–Crippen MR) is 95.6 cm³/mol. The SMILES string of the molecule is CCn1[nH]cc(C(=O)c2ccc3c(c2C)/C(=N/OC)CCS3(=O)=O)c1=O. The Morgan fingerprint density at radius 3 is 2.69 bits per heavy atom. The molecule has 0 aliphatic carbocycles. The molecular formula is C17H19N3O5S. The minimum atomic E-state index is -3.45. The number of fused-ring (bicyclic) bond motifs is 1. The number of nitrogens with zero attached hydrogens (tertiary/aromatic N) is 2. The summed E-state index contributed by atoms with van der Waals surface area (Å²) in [6, 6.07) is 2.85. The first-order valence-electron chi connectivity index (χ1n) is 8.11. The molecule has 0 spiro atoms. The van der Waals surface area contributed by atoms with Crippen molar-refractivity contribution < 1.29 is 18.0 Å². The molecule has 2 aromatic rings. The van der Waals surface area contributed by atoms with Gasteiger partial charge in [-0.25, -0.2) is 8.42 Å². The van der Waals surface area contributed by atoms with Crippen LogP contribution in [0, 0.1) is 6.92 Å². The minimum Gasteiger partial charge on any atom is -0.399 e. The fourth-order valence-electron chi connectivity index (χ4n) is 3.17. The number of aryl methyl sites for hydroxylation is 1. The summed E-state index contributed by atoms with van der Waals surface area (Å²) in [5, 5.41) is 6.67. The lowest BCUT2D eigenvalue weighted by atomic mass is 9.93. The highest BCUT2D eigenvalue weighted by molar-refractivity contribution is 7.91. The van der Waals surface area contributed by atoms with E-state index in [9.17, 15) is 18.0 Å². The first-order valence-corrected chi connectivity index (χ1v) is 9.76. The lowest BCUT2D eigenvalue weighted by Gasteiger charge is -2.21. The number of aromatic amines is 1. The van der Waals surface area contributed by atoms with Crippen LogP contribution in [-0.4, -0.2) is 42.6 Å². The fourth-order valence-corrected chi connectivity index (χ4v) is 4.71. The van der Waals surface area contributed by atoms with E-state index in [0.29, 0.717) is 23.4 Å². The van der Waals surface area contributed by atoms with Gasteiger partial charge in [0.15, 0.2) is 15.6 Å². The van der Waals surface area contributed by atoms with Crippen LogP contribution in [0.25, 0.3) is 0 Å². The smallest absolute Gasteiger partial charge is 0.277 e. The van der Waals surface area contributed by atoms with Crippen LogP contribution in [0.4, 0.5) is 0 Å². The minimum absolute atomic E-state index is 0.0128. The fraction of sp³-hybridized carbons (Fsp3) is 0.353. The van der Waals surface area contributed by atoms with Crippen molar-refractivity contribution in [2.24, 2.45) is 5.16 Å². The second-order valence-corrected chi connectivity index (χ2v) is 8.04. The molecule has 0 bridgehead atoms. The third-order valence-corrected chi connectivity index (χ3v) is 6.26. The number of ketones is 1. The van der Waals surface area contributed by atoms with E-state index >= 15 is 0 Å². The lowest BCUT2D eigenvalue weighted by molar-refractivity contribution is 0.103. The van der Waals surface area contributed by atoms with Crippen LogP contribution in [0.5, 0.6) is 0 Å². The average molecular weight is 377 g/mol. The summed E-state index contributed by atoms with van der Waals surface area (Å²) in [4.78, 5) is 30.1. The summed E-state index contributed by atoms with van der Waals surface area (Å²) in [5.41, 5.74) is 1.20. The molecule has 8 nitrogen and oxygen atoms in total. The second kappa shape index (κ2) is 6.56. The van der Waals surface area contributed by atoms with Gasteiger partial charge in [0.05, 0.1) is 16.4 Å². The van der Waals surface area contributed by atoms with Crippen LogP contribution in [0.15, 0.2) is 33.2 Å². The molecule has 26 heavy (non-hydrogen) atoms. The molecule has 0 unspecified atom stereocenters. The monoisotopic (exact) mass is 377 g/mol. The zero-order valence-electron chi connectivity index (χ0n) is 14.7. The normalized spacial score (nSPS) is 17.1. The number of carbonyl (C=O) groups is 1. The summed E-state index contributed by atoms with van der Waals surface area (Å²) in [6.45, 7) is 3.86. The number of aromatic nitrogens is 2. The van der Waals surface area contributed by atoms with Gasteiger partial charge >= 0.3 is 0 Å². The lowest BCUT2D eigenvalue weighted by Crippen LogP contribution is -2.25. The molecule has 1 aliphatic heterocycles. The van der Waals surface area contributed by atoms with Crippen molar-refractivity contribution in [2.45, 2.75) is 31.7 Å². The summed E-state index contributed by atoms with van der Waals surface area (Å²) < 4.78 is 26.1. The second-order valence-electron chi connectivity index (χ2n) is 5.97. The van der Waals surface area contributed by atoms with Crippen molar-refractivity contribution in [2.75, 3.05) is 12.9 Å². The summed E-state index contributed by atoms with van der Waals surface area (Å²) >= 11 is 0. The van der Waals surface area contributed by atoms with Gasteiger partial charge in [-0.3, -0.25) is 14.3 Å². The quantitative estimate of drug-likeness (QED) is 0.637. The Morgan fingerprint density at radius 1 is 1.35 bits per heavy atom. The number of H-pyrrole nitrogens is 1.